The first-order valence-corrected chi connectivity index (χ1v) is 8.18. The fraction of sp³-hybridized carbons (Fsp3) is 0.471. The summed E-state index contributed by atoms with van der Waals surface area (Å²) in [5, 5.41) is 0. The number of hydrogen-bond acceptors (Lipinski definition) is 5. The van der Waals surface area contributed by atoms with Crippen LogP contribution in [0, 0.1) is 0 Å². The molecule has 2 aromatic rings. The first kappa shape index (κ1) is 14.2. The van der Waals surface area contributed by atoms with Gasteiger partial charge in [-0.3, -0.25) is 14.8 Å². The molecule has 6 nitrogen and oxygen atoms in total. The minimum absolute atomic E-state index is 0.0148. The van der Waals surface area contributed by atoms with E-state index in [0.717, 1.165) is 30.9 Å². The number of carbonyl (C=O) groups excluding carboxylic acids is 1. The van der Waals surface area contributed by atoms with Crippen LogP contribution in [0.5, 0.6) is 0 Å². The van der Waals surface area contributed by atoms with Crippen molar-refractivity contribution in [2.75, 3.05) is 13.1 Å². The molecule has 6 heteroatoms. The molecule has 1 saturated heterocycles. The maximum Gasteiger partial charge on any atom is 0.257 e. The molecule has 2 aliphatic rings. The van der Waals surface area contributed by atoms with E-state index >= 15 is 0 Å². The maximum atomic E-state index is 12.7. The summed E-state index contributed by atoms with van der Waals surface area (Å²) < 4.78 is 0. The average molecular weight is 309 g/mol. The lowest BCUT2D eigenvalue weighted by molar-refractivity contribution is 0.0705. The highest BCUT2D eigenvalue weighted by atomic mass is 16.2. The van der Waals surface area contributed by atoms with Crippen LogP contribution in [0.15, 0.2) is 31.0 Å². The molecule has 2 aromatic heterocycles. The van der Waals surface area contributed by atoms with Gasteiger partial charge in [0.15, 0.2) is 0 Å². The molecule has 1 aliphatic carbocycles. The van der Waals surface area contributed by atoms with Gasteiger partial charge in [0.1, 0.15) is 5.82 Å². The van der Waals surface area contributed by atoms with Crippen molar-refractivity contribution in [2.24, 2.45) is 0 Å². The molecule has 1 aliphatic heterocycles. The zero-order valence-corrected chi connectivity index (χ0v) is 12.9. The van der Waals surface area contributed by atoms with Gasteiger partial charge in [-0.15, -0.1) is 0 Å². The van der Waals surface area contributed by atoms with Gasteiger partial charge in [0.05, 0.1) is 11.3 Å². The first-order valence-electron chi connectivity index (χ1n) is 8.18. The van der Waals surface area contributed by atoms with Gasteiger partial charge < -0.3 is 4.90 Å². The smallest absolute Gasteiger partial charge is 0.257 e. The van der Waals surface area contributed by atoms with Gasteiger partial charge in [0, 0.05) is 55.9 Å². The van der Waals surface area contributed by atoms with Crippen molar-refractivity contribution < 1.29 is 4.79 Å². The van der Waals surface area contributed by atoms with Crippen LogP contribution in [0.1, 0.15) is 59.4 Å². The molecule has 4 rings (SSSR count). The molecule has 1 saturated carbocycles. The van der Waals surface area contributed by atoms with Crippen molar-refractivity contribution in [3.8, 4) is 0 Å². The normalized spacial score (nSPS) is 21.2. The standard InChI is InChI=1S/C17H19N5O/c23-17(14-8-20-16(21-9-14)12-3-4-12)22-7-1-2-13(11-22)15-10-18-5-6-19-15/h5-6,8-10,12-13H,1-4,7,11H2/t13-/m0/s1. The predicted octanol–water partition coefficient (Wildman–Crippen LogP) is 2.16. The van der Waals surface area contributed by atoms with Crippen molar-refractivity contribution in [2.45, 2.75) is 37.5 Å². The molecule has 2 fully saturated rings. The molecular formula is C17H19N5O. The van der Waals surface area contributed by atoms with Crippen LogP contribution in [0.25, 0.3) is 0 Å². The Kier molecular flexibility index (Phi) is 3.73. The molecular weight excluding hydrogens is 290 g/mol. The summed E-state index contributed by atoms with van der Waals surface area (Å²) in [6.45, 7) is 1.46. The van der Waals surface area contributed by atoms with E-state index in [1.807, 2.05) is 4.90 Å². The van der Waals surface area contributed by atoms with Crippen LogP contribution in [0.2, 0.25) is 0 Å². The van der Waals surface area contributed by atoms with Crippen molar-refractivity contribution in [3.63, 3.8) is 0 Å². The molecule has 0 aromatic carbocycles. The van der Waals surface area contributed by atoms with Crippen LogP contribution < -0.4 is 0 Å². The van der Waals surface area contributed by atoms with Crippen molar-refractivity contribution in [1.82, 2.24) is 24.8 Å². The lowest BCUT2D eigenvalue weighted by Crippen LogP contribution is -2.39. The summed E-state index contributed by atoms with van der Waals surface area (Å²) in [7, 11) is 0. The number of carbonyl (C=O) groups is 1. The number of piperidine rings is 1. The summed E-state index contributed by atoms with van der Waals surface area (Å²) in [6, 6.07) is 0. The molecule has 0 spiro atoms. The lowest BCUT2D eigenvalue weighted by atomic mass is 9.94. The summed E-state index contributed by atoms with van der Waals surface area (Å²) in [4.78, 5) is 31.8. The fourth-order valence-corrected chi connectivity index (χ4v) is 3.11. The summed E-state index contributed by atoms with van der Waals surface area (Å²) in [6.07, 6.45) is 12.9. The molecule has 0 unspecified atom stereocenters. The minimum atomic E-state index is 0.0148. The van der Waals surface area contributed by atoms with Crippen LogP contribution in [-0.2, 0) is 0 Å². The van der Waals surface area contributed by atoms with Crippen molar-refractivity contribution >= 4 is 5.91 Å². The van der Waals surface area contributed by atoms with Gasteiger partial charge in [0.2, 0.25) is 0 Å². The van der Waals surface area contributed by atoms with Crippen LogP contribution in [0.3, 0.4) is 0 Å². The molecule has 1 atom stereocenters. The van der Waals surface area contributed by atoms with Crippen molar-refractivity contribution in [1.29, 1.82) is 0 Å². The number of likely N-dealkylation sites (tertiary alicyclic amines) is 1. The quantitative estimate of drug-likeness (QED) is 0.869. The second-order valence-corrected chi connectivity index (χ2v) is 6.32. The summed E-state index contributed by atoms with van der Waals surface area (Å²) in [5.74, 6) is 1.65. The van der Waals surface area contributed by atoms with Crippen LogP contribution in [-0.4, -0.2) is 43.8 Å². The van der Waals surface area contributed by atoms with Gasteiger partial charge in [-0.1, -0.05) is 0 Å². The highest BCUT2D eigenvalue weighted by molar-refractivity contribution is 5.93. The Morgan fingerprint density at radius 3 is 2.52 bits per heavy atom. The van der Waals surface area contributed by atoms with Crippen LogP contribution >= 0.6 is 0 Å². The highest BCUT2D eigenvalue weighted by Crippen LogP contribution is 2.37. The molecule has 0 bridgehead atoms. The zero-order valence-electron chi connectivity index (χ0n) is 12.9. The molecule has 0 N–H and O–H groups in total. The van der Waals surface area contributed by atoms with Gasteiger partial charge in [-0.25, -0.2) is 9.97 Å². The number of rotatable bonds is 3. The summed E-state index contributed by atoms with van der Waals surface area (Å²) >= 11 is 0. The Bertz CT molecular complexity index is 684. The maximum absolute atomic E-state index is 12.7. The Morgan fingerprint density at radius 1 is 1.00 bits per heavy atom. The predicted molar refractivity (Wildman–Crippen MR) is 83.9 cm³/mol. The average Bonchev–Trinajstić information content (AvgIpc) is 3.47. The fourth-order valence-electron chi connectivity index (χ4n) is 3.11. The van der Waals surface area contributed by atoms with Gasteiger partial charge >= 0.3 is 0 Å². The van der Waals surface area contributed by atoms with E-state index < -0.39 is 0 Å². The van der Waals surface area contributed by atoms with E-state index in [1.165, 1.54) is 12.8 Å². The van der Waals surface area contributed by atoms with Crippen LogP contribution in [0.4, 0.5) is 0 Å². The number of amides is 1. The van der Waals surface area contributed by atoms with E-state index in [2.05, 4.69) is 19.9 Å². The Balaban J connectivity index is 1.47. The van der Waals surface area contributed by atoms with E-state index in [-0.39, 0.29) is 11.8 Å². The summed E-state index contributed by atoms with van der Waals surface area (Å²) in [5.41, 5.74) is 1.54. The zero-order chi connectivity index (χ0) is 15.6. The van der Waals surface area contributed by atoms with E-state index in [1.54, 1.807) is 31.0 Å². The van der Waals surface area contributed by atoms with Crippen molar-refractivity contribution in [3.05, 3.63) is 48.1 Å². The van der Waals surface area contributed by atoms with E-state index in [0.29, 0.717) is 18.0 Å². The SMILES string of the molecule is O=C(c1cnc(C2CC2)nc1)N1CCC[C@H](c2cnccn2)C1. The third-order valence-corrected chi connectivity index (χ3v) is 4.57. The Labute approximate surface area is 135 Å². The Hall–Kier alpha value is -2.37. The minimum Gasteiger partial charge on any atom is -0.338 e. The third kappa shape index (κ3) is 3.06. The molecule has 118 valence electrons. The van der Waals surface area contributed by atoms with Gasteiger partial charge in [-0.05, 0) is 25.7 Å². The molecule has 1 amide bonds. The largest absolute Gasteiger partial charge is 0.338 e. The molecule has 3 heterocycles. The highest BCUT2D eigenvalue weighted by Gasteiger charge is 2.28. The van der Waals surface area contributed by atoms with E-state index in [4.69, 9.17) is 0 Å². The third-order valence-electron chi connectivity index (χ3n) is 4.57. The number of aromatic nitrogens is 4. The van der Waals surface area contributed by atoms with Gasteiger partial charge in [0.25, 0.3) is 5.91 Å². The number of nitrogens with zero attached hydrogens (tertiary/aromatic N) is 5. The molecule has 0 radical (unpaired) electrons. The number of hydrogen-bond donors (Lipinski definition) is 0. The second-order valence-electron chi connectivity index (χ2n) is 6.32. The first-order chi connectivity index (χ1) is 11.3. The monoisotopic (exact) mass is 309 g/mol. The Morgan fingerprint density at radius 2 is 1.83 bits per heavy atom. The lowest BCUT2D eigenvalue weighted by Gasteiger charge is -2.32. The van der Waals surface area contributed by atoms with Gasteiger partial charge in [-0.2, -0.15) is 0 Å². The van der Waals surface area contributed by atoms with E-state index in [9.17, 15) is 4.79 Å². The molecule has 23 heavy (non-hydrogen) atoms. The second kappa shape index (κ2) is 6.02. The topological polar surface area (TPSA) is 71.9 Å².